The summed E-state index contributed by atoms with van der Waals surface area (Å²) in [6, 6.07) is 10.5. The van der Waals surface area contributed by atoms with E-state index in [1.54, 1.807) is 0 Å². The Kier molecular flexibility index (Phi) is 6.43. The molecule has 0 aliphatic carbocycles. The summed E-state index contributed by atoms with van der Waals surface area (Å²) in [6.45, 7) is 9.74. The van der Waals surface area contributed by atoms with Gasteiger partial charge in [0.15, 0.2) is 0 Å². The Hall–Kier alpha value is -1.88. The summed E-state index contributed by atoms with van der Waals surface area (Å²) < 4.78 is 0. The van der Waals surface area contributed by atoms with Crippen LogP contribution in [0.15, 0.2) is 30.3 Å². The Bertz CT molecular complexity index is 680. The predicted molar refractivity (Wildman–Crippen MR) is 112 cm³/mol. The van der Waals surface area contributed by atoms with E-state index in [1.807, 2.05) is 17.9 Å². The van der Waals surface area contributed by atoms with Crippen molar-refractivity contribution in [3.8, 4) is 0 Å². The van der Waals surface area contributed by atoms with Gasteiger partial charge in [0, 0.05) is 38.4 Å². The molecule has 1 spiro atoms. The van der Waals surface area contributed by atoms with Crippen molar-refractivity contribution in [2.24, 2.45) is 5.92 Å². The number of carbonyl (C=O) groups excluding carboxylic acids is 2. The first-order valence-corrected chi connectivity index (χ1v) is 10.7. The maximum atomic E-state index is 13.0. The molecule has 0 radical (unpaired) electrons. The van der Waals surface area contributed by atoms with Crippen molar-refractivity contribution in [2.45, 2.75) is 77.5 Å². The van der Waals surface area contributed by atoms with Gasteiger partial charge in [-0.15, -0.1) is 0 Å². The Labute approximate surface area is 169 Å². The van der Waals surface area contributed by atoms with E-state index in [0.717, 1.165) is 38.8 Å². The highest BCUT2D eigenvalue weighted by Gasteiger charge is 2.51. The highest BCUT2D eigenvalue weighted by Crippen LogP contribution is 2.35. The molecule has 2 amide bonds. The topological polar surface area (TPSA) is 52.7 Å². The number of aryl methyl sites for hydroxylation is 1. The van der Waals surface area contributed by atoms with Gasteiger partial charge < -0.3 is 9.80 Å². The average molecular weight is 386 g/mol. The number of benzene rings is 1. The average Bonchev–Trinajstić information content (AvgIpc) is 2.90. The third-order valence-electron chi connectivity index (χ3n) is 6.21. The smallest absolute Gasteiger partial charge is 0.241 e. The number of hydrogen-bond donors (Lipinski definition) is 1. The summed E-state index contributed by atoms with van der Waals surface area (Å²) in [5.74, 6) is 0.817. The number of rotatable bonds is 6. The molecule has 0 aromatic heterocycles. The predicted octanol–water partition coefficient (Wildman–Crippen LogP) is 3.19. The van der Waals surface area contributed by atoms with Crippen LogP contribution >= 0.6 is 0 Å². The highest BCUT2D eigenvalue weighted by molar-refractivity contribution is 5.85. The molecule has 0 unspecified atom stereocenters. The van der Waals surface area contributed by atoms with Crippen LogP contribution in [0, 0.1) is 5.92 Å². The zero-order valence-electron chi connectivity index (χ0n) is 17.8. The molecule has 0 saturated carbocycles. The maximum absolute atomic E-state index is 13.0. The molecule has 154 valence electrons. The van der Waals surface area contributed by atoms with Crippen LogP contribution in [0.25, 0.3) is 0 Å². The van der Waals surface area contributed by atoms with Crippen LogP contribution in [0.3, 0.4) is 0 Å². The Morgan fingerprint density at radius 2 is 1.82 bits per heavy atom. The van der Waals surface area contributed by atoms with E-state index in [2.05, 4.69) is 55.3 Å². The van der Waals surface area contributed by atoms with Gasteiger partial charge >= 0.3 is 0 Å². The van der Waals surface area contributed by atoms with Crippen LogP contribution in [-0.2, 0) is 16.0 Å². The first-order valence-electron chi connectivity index (χ1n) is 10.7. The molecule has 2 heterocycles. The minimum atomic E-state index is -0.304. The molecule has 2 fully saturated rings. The lowest BCUT2D eigenvalue weighted by atomic mass is 9.93. The van der Waals surface area contributed by atoms with Crippen molar-refractivity contribution in [2.75, 3.05) is 13.1 Å². The van der Waals surface area contributed by atoms with Gasteiger partial charge in [-0.05, 0) is 38.2 Å². The number of hydrogen-bond acceptors (Lipinski definition) is 3. The van der Waals surface area contributed by atoms with E-state index < -0.39 is 0 Å². The van der Waals surface area contributed by atoms with Crippen molar-refractivity contribution in [3.05, 3.63) is 35.9 Å². The zero-order chi connectivity index (χ0) is 20.3. The van der Waals surface area contributed by atoms with E-state index in [9.17, 15) is 9.59 Å². The molecule has 5 nitrogen and oxygen atoms in total. The van der Waals surface area contributed by atoms with Crippen LogP contribution in [-0.4, -0.2) is 52.5 Å². The first kappa shape index (κ1) is 20.8. The molecule has 1 aromatic rings. The lowest BCUT2D eigenvalue weighted by Crippen LogP contribution is -2.61. The first-order chi connectivity index (χ1) is 13.3. The Balaban J connectivity index is 1.66. The quantitative estimate of drug-likeness (QED) is 0.818. The second-order valence-electron chi connectivity index (χ2n) is 8.96. The fourth-order valence-electron chi connectivity index (χ4n) is 4.73. The van der Waals surface area contributed by atoms with Gasteiger partial charge in [0.1, 0.15) is 0 Å². The lowest BCUT2D eigenvalue weighted by molar-refractivity contribution is -0.139. The summed E-state index contributed by atoms with van der Waals surface area (Å²) in [4.78, 5) is 29.5. The van der Waals surface area contributed by atoms with E-state index in [0.29, 0.717) is 12.3 Å². The standard InChI is InChI=1S/C23H35N3O2/c1-17(2)16-21(27)25-14-12-23(13-15-25)24-19(4)22(28)26(23)18(3)10-11-20-8-6-5-7-9-20/h5-9,17-19,24H,10-16H2,1-4H3/t18-,19-/m1/s1. The van der Waals surface area contributed by atoms with Gasteiger partial charge in [-0.2, -0.15) is 0 Å². The van der Waals surface area contributed by atoms with Crippen LogP contribution in [0.1, 0.15) is 58.9 Å². The molecule has 3 rings (SSSR count). The number of nitrogens with zero attached hydrogens (tertiary/aromatic N) is 2. The van der Waals surface area contributed by atoms with Gasteiger partial charge in [0.2, 0.25) is 11.8 Å². The Morgan fingerprint density at radius 3 is 2.43 bits per heavy atom. The van der Waals surface area contributed by atoms with Crippen molar-refractivity contribution in [1.82, 2.24) is 15.1 Å². The Morgan fingerprint density at radius 1 is 1.18 bits per heavy atom. The number of piperidine rings is 1. The molecule has 2 atom stereocenters. The number of nitrogens with one attached hydrogen (secondary N) is 1. The largest absolute Gasteiger partial charge is 0.342 e. The van der Waals surface area contributed by atoms with Crippen molar-refractivity contribution >= 4 is 11.8 Å². The normalized spacial score (nSPS) is 22.9. The summed E-state index contributed by atoms with van der Waals surface area (Å²) in [5.41, 5.74) is 1.01. The van der Waals surface area contributed by atoms with Crippen LogP contribution < -0.4 is 5.32 Å². The molecule has 1 aromatic carbocycles. The molecule has 1 N–H and O–H groups in total. The lowest BCUT2D eigenvalue weighted by Gasteiger charge is -2.47. The number of carbonyl (C=O) groups is 2. The van der Waals surface area contributed by atoms with Crippen LogP contribution in [0.4, 0.5) is 0 Å². The minimum Gasteiger partial charge on any atom is -0.342 e. The van der Waals surface area contributed by atoms with E-state index in [-0.39, 0.29) is 29.6 Å². The SMILES string of the molecule is CC(C)CC(=O)N1CCC2(CC1)N[C@H](C)C(=O)N2[C@H](C)CCc1ccccc1. The molecule has 28 heavy (non-hydrogen) atoms. The summed E-state index contributed by atoms with van der Waals surface area (Å²) in [5, 5.41) is 3.59. The molecule has 2 saturated heterocycles. The van der Waals surface area contributed by atoms with Crippen LogP contribution in [0.2, 0.25) is 0 Å². The fraction of sp³-hybridized carbons (Fsp3) is 0.652. The molecular formula is C23H35N3O2. The van der Waals surface area contributed by atoms with E-state index in [1.165, 1.54) is 5.56 Å². The van der Waals surface area contributed by atoms with Gasteiger partial charge in [-0.25, -0.2) is 0 Å². The fourth-order valence-corrected chi connectivity index (χ4v) is 4.73. The second-order valence-corrected chi connectivity index (χ2v) is 8.96. The second kappa shape index (κ2) is 8.64. The molecular weight excluding hydrogens is 350 g/mol. The highest BCUT2D eigenvalue weighted by atomic mass is 16.2. The van der Waals surface area contributed by atoms with Crippen molar-refractivity contribution in [1.29, 1.82) is 0 Å². The van der Waals surface area contributed by atoms with Gasteiger partial charge in [0.25, 0.3) is 0 Å². The summed E-state index contributed by atoms with van der Waals surface area (Å²) in [6.07, 6.45) is 4.13. The van der Waals surface area contributed by atoms with E-state index in [4.69, 9.17) is 0 Å². The maximum Gasteiger partial charge on any atom is 0.241 e. The minimum absolute atomic E-state index is 0.155. The number of amides is 2. The monoisotopic (exact) mass is 385 g/mol. The molecule has 2 aliphatic heterocycles. The summed E-state index contributed by atoms with van der Waals surface area (Å²) >= 11 is 0. The summed E-state index contributed by atoms with van der Waals surface area (Å²) in [7, 11) is 0. The van der Waals surface area contributed by atoms with Crippen LogP contribution in [0.5, 0.6) is 0 Å². The third-order valence-corrected chi connectivity index (χ3v) is 6.21. The molecule has 2 aliphatic rings. The number of likely N-dealkylation sites (tertiary alicyclic amines) is 1. The molecule has 5 heteroatoms. The van der Waals surface area contributed by atoms with Gasteiger partial charge in [-0.1, -0.05) is 44.2 Å². The van der Waals surface area contributed by atoms with Gasteiger partial charge in [-0.3, -0.25) is 14.9 Å². The third kappa shape index (κ3) is 4.40. The van der Waals surface area contributed by atoms with Gasteiger partial charge in [0.05, 0.1) is 11.7 Å². The molecule has 0 bridgehead atoms. The van der Waals surface area contributed by atoms with E-state index >= 15 is 0 Å². The van der Waals surface area contributed by atoms with Crippen molar-refractivity contribution in [3.63, 3.8) is 0 Å². The zero-order valence-corrected chi connectivity index (χ0v) is 17.8. The van der Waals surface area contributed by atoms with Crippen molar-refractivity contribution < 1.29 is 9.59 Å².